The summed E-state index contributed by atoms with van der Waals surface area (Å²) in [4.78, 5) is 16.1. The summed E-state index contributed by atoms with van der Waals surface area (Å²) in [5.74, 6) is 1.13. The summed E-state index contributed by atoms with van der Waals surface area (Å²) in [5.41, 5.74) is 0.638. The fraction of sp³-hybridized carbons (Fsp3) is 0.538. The molecule has 0 saturated carbocycles. The summed E-state index contributed by atoms with van der Waals surface area (Å²) in [6.07, 6.45) is 2.69. The summed E-state index contributed by atoms with van der Waals surface area (Å²) < 4.78 is 0. The van der Waals surface area contributed by atoms with Gasteiger partial charge in [-0.25, -0.2) is 4.98 Å². The van der Waals surface area contributed by atoms with Gasteiger partial charge in [-0.05, 0) is 25.0 Å². The maximum absolute atomic E-state index is 12.0. The Kier molecular flexibility index (Phi) is 4.94. The molecule has 0 aliphatic carbocycles. The highest BCUT2D eigenvalue weighted by molar-refractivity contribution is 5.94. The van der Waals surface area contributed by atoms with E-state index in [9.17, 15) is 4.79 Å². The topological polar surface area (TPSA) is 54.0 Å². The lowest BCUT2D eigenvalue weighted by Crippen LogP contribution is -2.36. The van der Waals surface area contributed by atoms with Crippen molar-refractivity contribution < 1.29 is 4.79 Å². The van der Waals surface area contributed by atoms with Gasteiger partial charge in [0.2, 0.25) is 0 Å². The third-order valence-electron chi connectivity index (χ3n) is 3.13. The van der Waals surface area contributed by atoms with E-state index in [4.69, 9.17) is 0 Å². The Labute approximate surface area is 103 Å². The lowest BCUT2D eigenvalue weighted by Gasteiger charge is -2.19. The lowest BCUT2D eigenvalue weighted by molar-refractivity contribution is 0.0928. The Morgan fingerprint density at radius 1 is 1.47 bits per heavy atom. The van der Waals surface area contributed by atoms with E-state index < -0.39 is 0 Å². The number of hydrogen-bond acceptors (Lipinski definition) is 3. The molecule has 4 nitrogen and oxygen atoms in total. The SMILES string of the molecule is CCC(C)C(C)NC(=O)c1ccnc(NC)c1. The normalized spacial score (nSPS) is 13.9. The molecule has 2 atom stereocenters. The summed E-state index contributed by atoms with van der Waals surface area (Å²) in [7, 11) is 1.78. The summed E-state index contributed by atoms with van der Waals surface area (Å²) >= 11 is 0. The second-order valence-electron chi connectivity index (χ2n) is 4.33. The molecule has 1 aromatic rings. The van der Waals surface area contributed by atoms with E-state index in [1.165, 1.54) is 0 Å². The summed E-state index contributed by atoms with van der Waals surface area (Å²) in [6.45, 7) is 6.29. The molecule has 1 rings (SSSR count). The number of pyridine rings is 1. The molecule has 2 N–H and O–H groups in total. The monoisotopic (exact) mass is 235 g/mol. The molecule has 0 aliphatic heterocycles. The smallest absolute Gasteiger partial charge is 0.251 e. The molecule has 0 aliphatic rings. The van der Waals surface area contributed by atoms with Gasteiger partial charge >= 0.3 is 0 Å². The number of amides is 1. The molecule has 0 aromatic carbocycles. The minimum Gasteiger partial charge on any atom is -0.373 e. The Morgan fingerprint density at radius 3 is 2.76 bits per heavy atom. The van der Waals surface area contributed by atoms with Crippen LogP contribution in [-0.4, -0.2) is 24.0 Å². The molecule has 17 heavy (non-hydrogen) atoms. The highest BCUT2D eigenvalue weighted by Crippen LogP contribution is 2.10. The van der Waals surface area contributed by atoms with Crippen molar-refractivity contribution in [3.63, 3.8) is 0 Å². The standard InChI is InChI=1S/C13H21N3O/c1-5-9(2)10(3)16-13(17)11-6-7-15-12(8-11)14-4/h6-10H,5H2,1-4H3,(H,14,15)(H,16,17). The number of nitrogens with one attached hydrogen (secondary N) is 2. The van der Waals surface area contributed by atoms with Crippen LogP contribution in [0.2, 0.25) is 0 Å². The van der Waals surface area contributed by atoms with Gasteiger partial charge in [0.1, 0.15) is 5.82 Å². The molecule has 4 heteroatoms. The molecular weight excluding hydrogens is 214 g/mol. The van der Waals surface area contributed by atoms with E-state index in [1.807, 2.05) is 6.92 Å². The average molecular weight is 235 g/mol. The van der Waals surface area contributed by atoms with Crippen LogP contribution in [-0.2, 0) is 0 Å². The Hall–Kier alpha value is -1.58. The van der Waals surface area contributed by atoms with Crippen LogP contribution in [0.1, 0.15) is 37.6 Å². The number of rotatable bonds is 5. The number of nitrogens with zero attached hydrogens (tertiary/aromatic N) is 1. The van der Waals surface area contributed by atoms with E-state index in [0.29, 0.717) is 17.3 Å². The van der Waals surface area contributed by atoms with Gasteiger partial charge in [0.15, 0.2) is 0 Å². The first kappa shape index (κ1) is 13.5. The van der Waals surface area contributed by atoms with Gasteiger partial charge in [0.25, 0.3) is 5.91 Å². The number of carbonyl (C=O) groups is 1. The molecular formula is C13H21N3O. The number of aromatic nitrogens is 1. The molecule has 1 aromatic heterocycles. The van der Waals surface area contributed by atoms with E-state index >= 15 is 0 Å². The molecule has 0 spiro atoms. The molecule has 2 unspecified atom stereocenters. The number of carbonyl (C=O) groups excluding carboxylic acids is 1. The van der Waals surface area contributed by atoms with Gasteiger partial charge in [0.05, 0.1) is 0 Å². The minimum atomic E-state index is -0.0447. The zero-order chi connectivity index (χ0) is 12.8. The first-order valence-corrected chi connectivity index (χ1v) is 6.03. The highest BCUT2D eigenvalue weighted by Gasteiger charge is 2.14. The van der Waals surface area contributed by atoms with Crippen LogP contribution < -0.4 is 10.6 Å². The van der Waals surface area contributed by atoms with E-state index in [0.717, 1.165) is 6.42 Å². The van der Waals surface area contributed by atoms with Gasteiger partial charge in [0, 0.05) is 24.8 Å². The molecule has 0 bridgehead atoms. The fourth-order valence-electron chi connectivity index (χ4n) is 1.49. The van der Waals surface area contributed by atoms with Crippen molar-refractivity contribution in [3.8, 4) is 0 Å². The van der Waals surface area contributed by atoms with Crippen molar-refractivity contribution in [2.45, 2.75) is 33.2 Å². The van der Waals surface area contributed by atoms with E-state index in [-0.39, 0.29) is 11.9 Å². The number of anilines is 1. The highest BCUT2D eigenvalue weighted by atomic mass is 16.1. The van der Waals surface area contributed by atoms with Gasteiger partial charge in [-0.15, -0.1) is 0 Å². The van der Waals surface area contributed by atoms with Crippen LogP contribution in [0.5, 0.6) is 0 Å². The largest absolute Gasteiger partial charge is 0.373 e. The molecule has 1 heterocycles. The zero-order valence-corrected chi connectivity index (χ0v) is 10.9. The van der Waals surface area contributed by atoms with Crippen LogP contribution in [0.15, 0.2) is 18.3 Å². The van der Waals surface area contributed by atoms with Crippen LogP contribution in [0.3, 0.4) is 0 Å². The van der Waals surface area contributed by atoms with Crippen molar-refractivity contribution in [1.29, 1.82) is 0 Å². The number of hydrogen-bond donors (Lipinski definition) is 2. The van der Waals surface area contributed by atoms with Gasteiger partial charge in [-0.2, -0.15) is 0 Å². The average Bonchev–Trinajstić information content (AvgIpc) is 2.37. The van der Waals surface area contributed by atoms with E-state index in [1.54, 1.807) is 25.4 Å². The predicted molar refractivity (Wildman–Crippen MR) is 70.2 cm³/mol. The van der Waals surface area contributed by atoms with Gasteiger partial charge in [-0.1, -0.05) is 20.3 Å². The molecule has 1 amide bonds. The quantitative estimate of drug-likeness (QED) is 0.823. The first-order chi connectivity index (χ1) is 8.08. The van der Waals surface area contributed by atoms with Crippen molar-refractivity contribution in [2.24, 2.45) is 5.92 Å². The van der Waals surface area contributed by atoms with Crippen molar-refractivity contribution in [1.82, 2.24) is 10.3 Å². The first-order valence-electron chi connectivity index (χ1n) is 6.03. The van der Waals surface area contributed by atoms with Crippen LogP contribution in [0.25, 0.3) is 0 Å². The van der Waals surface area contributed by atoms with Crippen molar-refractivity contribution in [3.05, 3.63) is 23.9 Å². The van der Waals surface area contributed by atoms with Gasteiger partial charge in [-0.3, -0.25) is 4.79 Å². The lowest BCUT2D eigenvalue weighted by atomic mass is 10.0. The third kappa shape index (κ3) is 3.73. The van der Waals surface area contributed by atoms with Crippen LogP contribution >= 0.6 is 0 Å². The maximum Gasteiger partial charge on any atom is 0.251 e. The minimum absolute atomic E-state index is 0.0447. The summed E-state index contributed by atoms with van der Waals surface area (Å²) in [6, 6.07) is 3.65. The fourth-order valence-corrected chi connectivity index (χ4v) is 1.49. The second kappa shape index (κ2) is 6.23. The van der Waals surface area contributed by atoms with Crippen molar-refractivity contribution in [2.75, 3.05) is 12.4 Å². The zero-order valence-electron chi connectivity index (χ0n) is 10.9. The summed E-state index contributed by atoms with van der Waals surface area (Å²) in [5, 5.41) is 5.92. The Balaban J connectivity index is 2.69. The molecule has 0 radical (unpaired) electrons. The second-order valence-corrected chi connectivity index (χ2v) is 4.33. The van der Waals surface area contributed by atoms with Crippen LogP contribution in [0, 0.1) is 5.92 Å². The molecule has 0 fully saturated rings. The van der Waals surface area contributed by atoms with Gasteiger partial charge < -0.3 is 10.6 Å². The molecule has 94 valence electrons. The van der Waals surface area contributed by atoms with E-state index in [2.05, 4.69) is 29.5 Å². The maximum atomic E-state index is 12.0. The van der Waals surface area contributed by atoms with Crippen molar-refractivity contribution >= 4 is 11.7 Å². The molecule has 0 saturated heterocycles. The third-order valence-corrected chi connectivity index (χ3v) is 3.13. The van der Waals surface area contributed by atoms with Crippen LogP contribution in [0.4, 0.5) is 5.82 Å². The Morgan fingerprint density at radius 2 is 2.18 bits per heavy atom. The Bertz CT molecular complexity index is 379. The predicted octanol–water partition coefficient (Wildman–Crippen LogP) is 2.29.